The van der Waals surface area contributed by atoms with Crippen LogP contribution in [-0.2, 0) is 9.59 Å². The van der Waals surface area contributed by atoms with E-state index in [4.69, 9.17) is 5.11 Å². The first-order valence-corrected chi connectivity index (χ1v) is 3.60. The highest BCUT2D eigenvalue weighted by Gasteiger charge is 2.17. The van der Waals surface area contributed by atoms with E-state index in [1.165, 1.54) is 6.08 Å². The van der Waals surface area contributed by atoms with Gasteiger partial charge in [0, 0.05) is 18.3 Å². The van der Waals surface area contributed by atoms with Crippen LogP contribution in [0.25, 0.3) is 0 Å². The Balaban J connectivity index is 2.58. The molecule has 1 radical (unpaired) electrons. The van der Waals surface area contributed by atoms with Crippen molar-refractivity contribution < 1.29 is 14.7 Å². The molecule has 1 aliphatic rings. The van der Waals surface area contributed by atoms with Gasteiger partial charge in [-0.1, -0.05) is 0 Å². The summed E-state index contributed by atoms with van der Waals surface area (Å²) in [5.41, 5.74) is 5.65. The molecule has 5 heteroatoms. The Labute approximate surface area is 69.4 Å². The van der Waals surface area contributed by atoms with Crippen molar-refractivity contribution in [2.45, 2.75) is 12.8 Å². The standard InChI is InChI=1S/C7H9N2O3/c10-3-1-2-5-4-6(11)8-9-7(5)12/h4,10H,1-3H2,(H,8,11). The maximum atomic E-state index is 10.9. The van der Waals surface area contributed by atoms with Gasteiger partial charge in [0.25, 0.3) is 11.8 Å². The number of rotatable bonds is 3. The van der Waals surface area contributed by atoms with E-state index in [1.54, 1.807) is 0 Å². The Kier molecular flexibility index (Phi) is 2.82. The third kappa shape index (κ3) is 2.06. The molecule has 2 amide bonds. The predicted octanol–water partition coefficient (Wildman–Crippen LogP) is -1.14. The molecular formula is C7H9N2O3. The van der Waals surface area contributed by atoms with Crippen LogP contribution >= 0.6 is 0 Å². The molecule has 0 atom stereocenters. The molecule has 1 heterocycles. The Morgan fingerprint density at radius 2 is 2.25 bits per heavy atom. The molecule has 0 aromatic heterocycles. The van der Waals surface area contributed by atoms with Crippen molar-refractivity contribution in [3.05, 3.63) is 11.6 Å². The van der Waals surface area contributed by atoms with Gasteiger partial charge in [0.1, 0.15) is 0 Å². The van der Waals surface area contributed by atoms with Gasteiger partial charge in [-0.25, -0.2) is 5.43 Å². The van der Waals surface area contributed by atoms with Gasteiger partial charge in [0.2, 0.25) is 0 Å². The summed E-state index contributed by atoms with van der Waals surface area (Å²) in [6.07, 6.45) is 2.08. The largest absolute Gasteiger partial charge is 0.396 e. The number of carbonyl (C=O) groups is 2. The molecule has 0 aliphatic carbocycles. The molecule has 65 valence electrons. The summed E-state index contributed by atoms with van der Waals surface area (Å²) in [7, 11) is 0. The zero-order chi connectivity index (χ0) is 8.97. The average molecular weight is 169 g/mol. The van der Waals surface area contributed by atoms with E-state index < -0.39 is 5.91 Å². The molecule has 0 spiro atoms. The Hall–Kier alpha value is -1.36. The molecule has 0 unspecified atom stereocenters. The van der Waals surface area contributed by atoms with Crippen LogP contribution in [0.15, 0.2) is 11.6 Å². The lowest BCUT2D eigenvalue weighted by Crippen LogP contribution is -2.39. The fourth-order valence-corrected chi connectivity index (χ4v) is 0.879. The monoisotopic (exact) mass is 169 g/mol. The number of nitrogens with one attached hydrogen (secondary N) is 1. The number of hydrogen-bond acceptors (Lipinski definition) is 3. The molecule has 0 saturated heterocycles. The fraction of sp³-hybridized carbons (Fsp3) is 0.429. The number of aliphatic hydroxyl groups excluding tert-OH is 1. The summed E-state index contributed by atoms with van der Waals surface area (Å²) in [4.78, 5) is 21.6. The van der Waals surface area contributed by atoms with E-state index >= 15 is 0 Å². The van der Waals surface area contributed by atoms with Crippen molar-refractivity contribution in [1.82, 2.24) is 10.9 Å². The predicted molar refractivity (Wildman–Crippen MR) is 39.7 cm³/mol. The zero-order valence-corrected chi connectivity index (χ0v) is 6.41. The van der Waals surface area contributed by atoms with Gasteiger partial charge in [-0.2, -0.15) is 0 Å². The quantitative estimate of drug-likeness (QED) is 0.560. The summed E-state index contributed by atoms with van der Waals surface area (Å²) < 4.78 is 0. The van der Waals surface area contributed by atoms with E-state index in [1.807, 2.05) is 5.43 Å². The molecular weight excluding hydrogens is 160 g/mol. The van der Waals surface area contributed by atoms with Gasteiger partial charge in [0.15, 0.2) is 0 Å². The van der Waals surface area contributed by atoms with Crippen LogP contribution in [0.3, 0.4) is 0 Å². The highest BCUT2D eigenvalue weighted by Crippen LogP contribution is 2.07. The van der Waals surface area contributed by atoms with Crippen molar-refractivity contribution in [3.63, 3.8) is 0 Å². The second-order valence-electron chi connectivity index (χ2n) is 2.39. The Morgan fingerprint density at radius 3 is 2.92 bits per heavy atom. The molecule has 0 saturated carbocycles. The highest BCUT2D eigenvalue weighted by atomic mass is 16.3. The first kappa shape index (κ1) is 8.73. The second-order valence-corrected chi connectivity index (χ2v) is 2.39. The summed E-state index contributed by atoms with van der Waals surface area (Å²) >= 11 is 0. The third-order valence-corrected chi connectivity index (χ3v) is 1.45. The Morgan fingerprint density at radius 1 is 1.50 bits per heavy atom. The lowest BCUT2D eigenvalue weighted by Gasteiger charge is -2.10. The second kappa shape index (κ2) is 3.87. The average Bonchev–Trinajstić information content (AvgIpc) is 2.07. The van der Waals surface area contributed by atoms with Gasteiger partial charge < -0.3 is 5.11 Å². The number of carbonyl (C=O) groups excluding carboxylic acids is 2. The van der Waals surface area contributed by atoms with Crippen LogP contribution in [0, 0.1) is 0 Å². The van der Waals surface area contributed by atoms with Crippen LogP contribution in [0.4, 0.5) is 0 Å². The topological polar surface area (TPSA) is 80.5 Å². The van der Waals surface area contributed by atoms with Gasteiger partial charge in [0.05, 0.1) is 0 Å². The van der Waals surface area contributed by atoms with E-state index in [0.717, 1.165) is 0 Å². The van der Waals surface area contributed by atoms with Gasteiger partial charge in [-0.05, 0) is 12.8 Å². The van der Waals surface area contributed by atoms with E-state index in [0.29, 0.717) is 18.4 Å². The fourth-order valence-electron chi connectivity index (χ4n) is 0.879. The smallest absolute Gasteiger partial charge is 0.289 e. The van der Waals surface area contributed by atoms with E-state index in [-0.39, 0.29) is 12.5 Å². The maximum absolute atomic E-state index is 10.9. The minimum absolute atomic E-state index is 0.00619. The molecule has 1 aliphatic heterocycles. The van der Waals surface area contributed by atoms with Crippen molar-refractivity contribution in [3.8, 4) is 0 Å². The molecule has 1 rings (SSSR count). The molecule has 0 bridgehead atoms. The summed E-state index contributed by atoms with van der Waals surface area (Å²) in [6, 6.07) is 0. The van der Waals surface area contributed by atoms with Crippen molar-refractivity contribution in [2.24, 2.45) is 0 Å². The highest BCUT2D eigenvalue weighted by molar-refractivity contribution is 6.04. The third-order valence-electron chi connectivity index (χ3n) is 1.45. The van der Waals surface area contributed by atoms with E-state index in [9.17, 15) is 9.59 Å². The number of nitrogens with zero attached hydrogens (tertiary/aromatic N) is 1. The van der Waals surface area contributed by atoms with Gasteiger partial charge in [-0.3, -0.25) is 9.59 Å². The SMILES string of the molecule is O=C1C=C(CCCO)C(=O)[N]N1. The number of amides is 2. The molecule has 0 aromatic rings. The van der Waals surface area contributed by atoms with Crippen molar-refractivity contribution >= 4 is 11.8 Å². The molecule has 0 aromatic carbocycles. The molecule has 12 heavy (non-hydrogen) atoms. The lowest BCUT2D eigenvalue weighted by molar-refractivity contribution is -0.126. The minimum atomic E-state index is -0.428. The zero-order valence-electron chi connectivity index (χ0n) is 6.41. The number of hydrogen-bond donors (Lipinski definition) is 2. The van der Waals surface area contributed by atoms with Crippen LogP contribution < -0.4 is 10.9 Å². The van der Waals surface area contributed by atoms with Crippen molar-refractivity contribution in [2.75, 3.05) is 6.61 Å². The van der Waals surface area contributed by atoms with Crippen molar-refractivity contribution in [1.29, 1.82) is 0 Å². The molecule has 5 nitrogen and oxygen atoms in total. The number of aliphatic hydroxyl groups is 1. The van der Waals surface area contributed by atoms with Gasteiger partial charge >= 0.3 is 0 Å². The van der Waals surface area contributed by atoms with Crippen LogP contribution in [0.5, 0.6) is 0 Å². The normalized spacial score (nSPS) is 16.6. The van der Waals surface area contributed by atoms with Crippen LogP contribution in [-0.4, -0.2) is 23.5 Å². The first-order valence-electron chi connectivity index (χ1n) is 3.60. The Bertz CT molecular complexity index is 235. The first-order chi connectivity index (χ1) is 5.74. The van der Waals surface area contributed by atoms with Gasteiger partial charge in [-0.15, -0.1) is 5.43 Å². The molecule has 0 fully saturated rings. The maximum Gasteiger partial charge on any atom is 0.289 e. The van der Waals surface area contributed by atoms with Crippen LogP contribution in [0.1, 0.15) is 12.8 Å². The van der Waals surface area contributed by atoms with E-state index in [2.05, 4.69) is 5.43 Å². The summed E-state index contributed by atoms with van der Waals surface area (Å²) in [5, 5.41) is 8.48. The lowest BCUT2D eigenvalue weighted by atomic mass is 10.1. The minimum Gasteiger partial charge on any atom is -0.396 e. The molecule has 2 N–H and O–H groups in total. The summed E-state index contributed by atoms with van der Waals surface area (Å²) in [6.45, 7) is 0.00619. The summed E-state index contributed by atoms with van der Waals surface area (Å²) in [5.74, 6) is -0.814. The van der Waals surface area contributed by atoms with Crippen LogP contribution in [0.2, 0.25) is 0 Å².